The largest absolute Gasteiger partial charge is 0.490 e. The smallest absolute Gasteiger partial charge is 0.257 e. The van der Waals surface area contributed by atoms with Gasteiger partial charge >= 0.3 is 0 Å². The SMILES string of the molecule is CCCCCCCOc1c(Cl)cc(C(=O)Nc2nnc(SCc3ccc(Cl)cc3)s2)cc1Cl. The van der Waals surface area contributed by atoms with Crippen molar-refractivity contribution in [3.05, 3.63) is 62.6 Å². The third-order valence-electron chi connectivity index (χ3n) is 4.66. The van der Waals surface area contributed by atoms with Gasteiger partial charge in [-0.05, 0) is 36.2 Å². The quantitative estimate of drug-likeness (QED) is 0.141. The van der Waals surface area contributed by atoms with Crippen molar-refractivity contribution in [1.82, 2.24) is 10.2 Å². The van der Waals surface area contributed by atoms with Crippen LogP contribution in [-0.2, 0) is 5.75 Å². The standard InChI is InChI=1S/C23H24Cl3N3O2S2/c1-2-3-4-5-6-11-31-20-18(25)12-16(13-19(20)26)21(30)27-22-28-29-23(33-22)32-14-15-7-9-17(24)10-8-15/h7-10,12-13H,2-6,11,14H2,1H3,(H,27,28,30). The number of nitrogens with one attached hydrogen (secondary N) is 1. The molecule has 2 aromatic carbocycles. The number of rotatable bonds is 12. The van der Waals surface area contributed by atoms with E-state index in [9.17, 15) is 4.79 Å². The van der Waals surface area contributed by atoms with Crippen LogP contribution < -0.4 is 10.1 Å². The van der Waals surface area contributed by atoms with E-state index in [-0.39, 0.29) is 5.91 Å². The van der Waals surface area contributed by atoms with Crippen molar-refractivity contribution < 1.29 is 9.53 Å². The highest BCUT2D eigenvalue weighted by molar-refractivity contribution is 8.00. The Balaban J connectivity index is 1.53. The first-order valence-electron chi connectivity index (χ1n) is 10.6. The Morgan fingerprint density at radius 3 is 2.42 bits per heavy atom. The Morgan fingerprint density at radius 2 is 1.73 bits per heavy atom. The van der Waals surface area contributed by atoms with Gasteiger partial charge in [0.1, 0.15) is 0 Å². The third-order valence-corrected chi connectivity index (χ3v) is 7.51. The first kappa shape index (κ1) is 26.1. The average Bonchev–Trinajstić information content (AvgIpc) is 3.24. The van der Waals surface area contributed by atoms with Crippen molar-refractivity contribution in [3.8, 4) is 5.75 Å². The number of benzene rings is 2. The highest BCUT2D eigenvalue weighted by Gasteiger charge is 2.16. The molecule has 1 heterocycles. The molecule has 0 radical (unpaired) electrons. The fourth-order valence-electron chi connectivity index (χ4n) is 2.92. The van der Waals surface area contributed by atoms with E-state index in [2.05, 4.69) is 22.4 Å². The molecule has 1 amide bonds. The molecule has 0 aliphatic rings. The number of hydrogen-bond acceptors (Lipinski definition) is 6. The molecule has 0 unspecified atom stereocenters. The van der Waals surface area contributed by atoms with Gasteiger partial charge in [-0.3, -0.25) is 10.1 Å². The number of amides is 1. The minimum Gasteiger partial charge on any atom is -0.490 e. The molecule has 10 heteroatoms. The molecule has 0 aliphatic carbocycles. The van der Waals surface area contributed by atoms with Crippen LogP contribution in [0.15, 0.2) is 40.7 Å². The molecule has 3 rings (SSSR count). The van der Waals surface area contributed by atoms with E-state index in [1.165, 1.54) is 42.4 Å². The lowest BCUT2D eigenvalue weighted by Crippen LogP contribution is -2.12. The highest BCUT2D eigenvalue weighted by Crippen LogP contribution is 2.35. The molecule has 1 N–H and O–H groups in total. The maximum Gasteiger partial charge on any atom is 0.257 e. The number of halogens is 3. The molecule has 0 atom stereocenters. The summed E-state index contributed by atoms with van der Waals surface area (Å²) in [6, 6.07) is 10.7. The van der Waals surface area contributed by atoms with Crippen LogP contribution in [0.5, 0.6) is 5.75 Å². The van der Waals surface area contributed by atoms with Gasteiger partial charge in [0.15, 0.2) is 10.1 Å². The first-order valence-corrected chi connectivity index (χ1v) is 13.5. The summed E-state index contributed by atoms with van der Waals surface area (Å²) in [6.07, 6.45) is 5.65. The van der Waals surface area contributed by atoms with Crippen LogP contribution in [0.3, 0.4) is 0 Å². The maximum atomic E-state index is 12.7. The van der Waals surface area contributed by atoms with E-state index < -0.39 is 0 Å². The number of anilines is 1. The van der Waals surface area contributed by atoms with Gasteiger partial charge in [0.2, 0.25) is 5.13 Å². The number of carbonyl (C=O) groups excluding carboxylic acids is 1. The van der Waals surface area contributed by atoms with Gasteiger partial charge < -0.3 is 4.74 Å². The number of thioether (sulfide) groups is 1. The summed E-state index contributed by atoms with van der Waals surface area (Å²) in [4.78, 5) is 12.7. The first-order chi connectivity index (χ1) is 16.0. The molecule has 176 valence electrons. The minimum atomic E-state index is -0.365. The Labute approximate surface area is 217 Å². The lowest BCUT2D eigenvalue weighted by atomic mass is 10.2. The number of ether oxygens (including phenoxy) is 1. The van der Waals surface area contributed by atoms with Crippen molar-refractivity contribution in [2.24, 2.45) is 0 Å². The second kappa shape index (κ2) is 13.4. The van der Waals surface area contributed by atoms with Crippen LogP contribution >= 0.6 is 57.9 Å². The Bertz CT molecular complexity index is 1040. The molecule has 0 aliphatic heterocycles. The summed E-state index contributed by atoms with van der Waals surface area (Å²) in [7, 11) is 0. The van der Waals surface area contributed by atoms with Crippen LogP contribution in [0.2, 0.25) is 15.1 Å². The number of nitrogens with zero attached hydrogens (tertiary/aromatic N) is 2. The van der Waals surface area contributed by atoms with E-state index in [0.29, 0.717) is 38.1 Å². The predicted octanol–water partition coefficient (Wildman–Crippen LogP) is 8.39. The van der Waals surface area contributed by atoms with Gasteiger partial charge in [0.05, 0.1) is 16.7 Å². The van der Waals surface area contributed by atoms with Crippen LogP contribution in [0.4, 0.5) is 5.13 Å². The second-order valence-electron chi connectivity index (χ2n) is 7.27. The van der Waals surface area contributed by atoms with E-state index in [1.807, 2.05) is 24.3 Å². The van der Waals surface area contributed by atoms with Crippen molar-refractivity contribution in [2.75, 3.05) is 11.9 Å². The third kappa shape index (κ3) is 8.34. The highest BCUT2D eigenvalue weighted by atomic mass is 35.5. The lowest BCUT2D eigenvalue weighted by molar-refractivity contribution is 0.102. The Kier molecular flexibility index (Phi) is 10.6. The van der Waals surface area contributed by atoms with Gasteiger partial charge in [-0.1, -0.05) is 103 Å². The van der Waals surface area contributed by atoms with Crippen molar-refractivity contribution in [1.29, 1.82) is 0 Å². The van der Waals surface area contributed by atoms with E-state index in [0.717, 1.165) is 28.5 Å². The maximum absolute atomic E-state index is 12.7. The summed E-state index contributed by atoms with van der Waals surface area (Å²) in [5.74, 6) is 0.767. The minimum absolute atomic E-state index is 0.303. The van der Waals surface area contributed by atoms with E-state index >= 15 is 0 Å². The van der Waals surface area contributed by atoms with Crippen LogP contribution in [0.1, 0.15) is 54.9 Å². The van der Waals surface area contributed by atoms with Crippen LogP contribution in [-0.4, -0.2) is 22.7 Å². The molecular formula is C23H24Cl3N3O2S2. The van der Waals surface area contributed by atoms with Gasteiger partial charge in [0, 0.05) is 16.3 Å². The molecule has 0 saturated carbocycles. The Morgan fingerprint density at radius 1 is 1.03 bits per heavy atom. The summed E-state index contributed by atoms with van der Waals surface area (Å²) in [5, 5.41) is 12.6. The fraction of sp³-hybridized carbons (Fsp3) is 0.348. The number of unbranched alkanes of at least 4 members (excludes halogenated alkanes) is 4. The zero-order valence-corrected chi connectivity index (χ0v) is 22.0. The molecule has 3 aromatic rings. The second-order valence-corrected chi connectivity index (χ2v) is 10.7. The Hall–Kier alpha value is -1.51. The lowest BCUT2D eigenvalue weighted by Gasteiger charge is -2.11. The van der Waals surface area contributed by atoms with E-state index in [1.54, 1.807) is 12.1 Å². The zero-order chi connectivity index (χ0) is 23.6. The summed E-state index contributed by atoms with van der Waals surface area (Å²) < 4.78 is 6.50. The average molecular weight is 545 g/mol. The van der Waals surface area contributed by atoms with Gasteiger partial charge in [0.25, 0.3) is 5.91 Å². The molecule has 0 saturated heterocycles. The van der Waals surface area contributed by atoms with Gasteiger partial charge in [-0.2, -0.15) is 0 Å². The molecule has 0 spiro atoms. The summed E-state index contributed by atoms with van der Waals surface area (Å²) in [6.45, 7) is 2.72. The van der Waals surface area contributed by atoms with Crippen LogP contribution in [0.25, 0.3) is 0 Å². The normalized spacial score (nSPS) is 10.9. The predicted molar refractivity (Wildman–Crippen MR) is 140 cm³/mol. The topological polar surface area (TPSA) is 64.1 Å². The van der Waals surface area contributed by atoms with Crippen LogP contribution in [0, 0.1) is 0 Å². The number of aromatic nitrogens is 2. The monoisotopic (exact) mass is 543 g/mol. The van der Waals surface area contributed by atoms with Crippen molar-refractivity contribution in [3.63, 3.8) is 0 Å². The van der Waals surface area contributed by atoms with E-state index in [4.69, 9.17) is 39.5 Å². The molecule has 5 nitrogen and oxygen atoms in total. The fourth-order valence-corrected chi connectivity index (χ4v) is 5.35. The molecular weight excluding hydrogens is 521 g/mol. The molecule has 1 aromatic heterocycles. The number of hydrogen-bond donors (Lipinski definition) is 1. The van der Waals surface area contributed by atoms with Gasteiger partial charge in [-0.25, -0.2) is 0 Å². The summed E-state index contributed by atoms with van der Waals surface area (Å²) in [5.41, 5.74) is 1.45. The van der Waals surface area contributed by atoms with Crippen molar-refractivity contribution >= 4 is 68.9 Å². The summed E-state index contributed by atoms with van der Waals surface area (Å²) >= 11 is 21.4. The molecule has 0 bridgehead atoms. The zero-order valence-electron chi connectivity index (χ0n) is 18.1. The van der Waals surface area contributed by atoms with Crippen molar-refractivity contribution in [2.45, 2.75) is 49.1 Å². The molecule has 0 fully saturated rings. The number of carbonyl (C=O) groups is 1. The van der Waals surface area contributed by atoms with Gasteiger partial charge in [-0.15, -0.1) is 10.2 Å². The molecule has 33 heavy (non-hydrogen) atoms.